The van der Waals surface area contributed by atoms with Crippen molar-refractivity contribution in [3.05, 3.63) is 0 Å². The van der Waals surface area contributed by atoms with Crippen LogP contribution in [0.4, 0.5) is 0 Å². The molecule has 0 spiro atoms. The van der Waals surface area contributed by atoms with Crippen LogP contribution in [0.3, 0.4) is 0 Å². The van der Waals surface area contributed by atoms with Crippen LogP contribution in [0.5, 0.6) is 0 Å². The van der Waals surface area contributed by atoms with Crippen LogP contribution in [0.2, 0.25) is 0 Å². The summed E-state index contributed by atoms with van der Waals surface area (Å²) in [6.45, 7) is 5.73. The lowest BCUT2D eigenvalue weighted by molar-refractivity contribution is -0.128. The third kappa shape index (κ3) is 1.89. The Hall–Kier alpha value is -0.570. The molecule has 2 saturated heterocycles. The molecule has 0 aromatic rings. The lowest BCUT2D eigenvalue weighted by atomic mass is 10.0. The van der Waals surface area contributed by atoms with Crippen molar-refractivity contribution in [2.24, 2.45) is 0 Å². The van der Waals surface area contributed by atoms with Crippen LogP contribution in [0.25, 0.3) is 0 Å². The molecule has 0 aromatic carbocycles. The fraction of sp³-hybridized carbons (Fsp3) is 0.917. The van der Waals surface area contributed by atoms with Crippen LogP contribution in [0, 0.1) is 0 Å². The molecular weight excluding hydrogens is 188 g/mol. The highest BCUT2D eigenvalue weighted by Crippen LogP contribution is 2.30. The average molecular weight is 210 g/mol. The van der Waals surface area contributed by atoms with Crippen molar-refractivity contribution in [3.8, 4) is 0 Å². The van der Waals surface area contributed by atoms with Gasteiger partial charge in [0.1, 0.15) is 0 Å². The molecule has 15 heavy (non-hydrogen) atoms. The van der Waals surface area contributed by atoms with Gasteiger partial charge in [0.25, 0.3) is 0 Å². The summed E-state index contributed by atoms with van der Waals surface area (Å²) in [5.41, 5.74) is 0. The number of nitrogens with zero attached hydrogens (tertiary/aromatic N) is 2. The molecule has 0 N–H and O–H groups in total. The van der Waals surface area contributed by atoms with E-state index in [4.69, 9.17) is 0 Å². The molecule has 2 rings (SSSR count). The van der Waals surface area contributed by atoms with E-state index in [-0.39, 0.29) is 0 Å². The summed E-state index contributed by atoms with van der Waals surface area (Å²) in [6.07, 6.45) is 4.37. The van der Waals surface area contributed by atoms with Crippen molar-refractivity contribution < 1.29 is 4.79 Å². The van der Waals surface area contributed by atoms with Crippen LogP contribution in [-0.2, 0) is 4.79 Å². The molecule has 0 aromatic heterocycles. The quantitative estimate of drug-likeness (QED) is 0.689. The van der Waals surface area contributed by atoms with E-state index in [0.29, 0.717) is 24.0 Å². The Morgan fingerprint density at radius 2 is 2.00 bits per heavy atom. The van der Waals surface area contributed by atoms with Gasteiger partial charge >= 0.3 is 0 Å². The maximum Gasteiger partial charge on any atom is 0.222 e. The third-order valence-corrected chi connectivity index (χ3v) is 3.99. The molecule has 0 bridgehead atoms. The van der Waals surface area contributed by atoms with Gasteiger partial charge in [-0.3, -0.25) is 9.69 Å². The summed E-state index contributed by atoms with van der Waals surface area (Å²) < 4.78 is 0. The van der Waals surface area contributed by atoms with Gasteiger partial charge in [0.15, 0.2) is 0 Å². The molecule has 2 unspecified atom stereocenters. The summed E-state index contributed by atoms with van der Waals surface area (Å²) in [6, 6.07) is 1.70. The molecule has 3 nitrogen and oxygen atoms in total. The van der Waals surface area contributed by atoms with Crippen molar-refractivity contribution in [1.29, 1.82) is 0 Å². The Bertz CT molecular complexity index is 252. The lowest BCUT2D eigenvalue weighted by Gasteiger charge is -2.35. The highest BCUT2D eigenvalue weighted by molar-refractivity contribution is 5.78. The molecule has 2 atom stereocenters. The number of carbonyl (C=O) groups is 1. The Kier molecular flexibility index (Phi) is 3.01. The highest BCUT2D eigenvalue weighted by atomic mass is 16.2. The van der Waals surface area contributed by atoms with Crippen molar-refractivity contribution in [3.63, 3.8) is 0 Å². The Morgan fingerprint density at radius 3 is 2.53 bits per heavy atom. The second-order valence-electron chi connectivity index (χ2n) is 5.15. The summed E-state index contributed by atoms with van der Waals surface area (Å²) in [4.78, 5) is 16.1. The smallest absolute Gasteiger partial charge is 0.222 e. The van der Waals surface area contributed by atoms with E-state index in [0.717, 1.165) is 12.8 Å². The van der Waals surface area contributed by atoms with Gasteiger partial charge < -0.3 is 4.90 Å². The summed E-state index contributed by atoms with van der Waals surface area (Å²) >= 11 is 0. The number of likely N-dealkylation sites (tertiary alicyclic amines) is 2. The van der Waals surface area contributed by atoms with Crippen LogP contribution in [-0.4, -0.2) is 47.4 Å². The van der Waals surface area contributed by atoms with Gasteiger partial charge in [-0.25, -0.2) is 0 Å². The summed E-state index contributed by atoms with van der Waals surface area (Å²) in [5, 5.41) is 0. The van der Waals surface area contributed by atoms with Crippen LogP contribution >= 0.6 is 0 Å². The van der Waals surface area contributed by atoms with Gasteiger partial charge in [-0.15, -0.1) is 0 Å². The molecule has 2 heterocycles. The topological polar surface area (TPSA) is 23.6 Å². The zero-order valence-corrected chi connectivity index (χ0v) is 10.1. The first-order chi connectivity index (χ1) is 7.11. The maximum absolute atomic E-state index is 11.5. The number of amides is 1. The SMILES string of the molecule is CC(C)N1CCCC1C1CCC(=O)N1C. The standard InChI is InChI=1S/C12H22N2O/c1-9(2)14-8-4-5-11(14)10-6-7-12(15)13(10)3/h9-11H,4-8H2,1-3H3. The van der Waals surface area contributed by atoms with Gasteiger partial charge in [0, 0.05) is 31.6 Å². The Labute approximate surface area is 92.4 Å². The molecule has 2 fully saturated rings. The number of hydrogen-bond donors (Lipinski definition) is 0. The monoisotopic (exact) mass is 210 g/mol. The fourth-order valence-electron chi connectivity index (χ4n) is 3.15. The van der Waals surface area contributed by atoms with E-state index >= 15 is 0 Å². The third-order valence-electron chi connectivity index (χ3n) is 3.99. The minimum absolute atomic E-state index is 0.329. The summed E-state index contributed by atoms with van der Waals surface area (Å²) in [5.74, 6) is 0.329. The number of likely N-dealkylation sites (N-methyl/N-ethyl adjacent to an activating group) is 1. The summed E-state index contributed by atoms with van der Waals surface area (Å²) in [7, 11) is 1.97. The predicted octanol–water partition coefficient (Wildman–Crippen LogP) is 1.48. The van der Waals surface area contributed by atoms with E-state index in [9.17, 15) is 4.79 Å². The van der Waals surface area contributed by atoms with E-state index in [1.165, 1.54) is 19.4 Å². The van der Waals surface area contributed by atoms with E-state index in [1.54, 1.807) is 0 Å². The van der Waals surface area contributed by atoms with E-state index in [2.05, 4.69) is 18.7 Å². The molecule has 3 heteroatoms. The largest absolute Gasteiger partial charge is 0.341 e. The first-order valence-corrected chi connectivity index (χ1v) is 6.12. The van der Waals surface area contributed by atoms with E-state index < -0.39 is 0 Å². The van der Waals surface area contributed by atoms with Gasteiger partial charge in [-0.1, -0.05) is 0 Å². The van der Waals surface area contributed by atoms with Gasteiger partial charge in [0.05, 0.1) is 0 Å². The second-order valence-corrected chi connectivity index (χ2v) is 5.15. The number of hydrogen-bond acceptors (Lipinski definition) is 2. The molecule has 0 saturated carbocycles. The van der Waals surface area contributed by atoms with Gasteiger partial charge in [0.2, 0.25) is 5.91 Å². The molecule has 1 amide bonds. The molecule has 0 aliphatic carbocycles. The van der Waals surface area contributed by atoms with Crippen LogP contribution < -0.4 is 0 Å². The minimum atomic E-state index is 0.329. The highest BCUT2D eigenvalue weighted by Gasteiger charge is 2.39. The van der Waals surface area contributed by atoms with Crippen molar-refractivity contribution in [2.75, 3.05) is 13.6 Å². The molecular formula is C12H22N2O. The van der Waals surface area contributed by atoms with Crippen LogP contribution in [0.15, 0.2) is 0 Å². The molecule has 2 aliphatic rings. The van der Waals surface area contributed by atoms with E-state index in [1.807, 2.05) is 11.9 Å². The molecule has 2 aliphatic heterocycles. The Morgan fingerprint density at radius 1 is 1.27 bits per heavy atom. The second kappa shape index (κ2) is 4.12. The maximum atomic E-state index is 11.5. The zero-order chi connectivity index (χ0) is 11.0. The number of carbonyl (C=O) groups excluding carboxylic acids is 1. The normalized spacial score (nSPS) is 33.3. The predicted molar refractivity (Wildman–Crippen MR) is 60.7 cm³/mol. The van der Waals surface area contributed by atoms with Crippen molar-refractivity contribution in [1.82, 2.24) is 9.80 Å². The molecule has 86 valence electrons. The number of rotatable bonds is 2. The fourth-order valence-corrected chi connectivity index (χ4v) is 3.15. The van der Waals surface area contributed by atoms with Crippen molar-refractivity contribution in [2.45, 2.75) is 57.7 Å². The lowest BCUT2D eigenvalue weighted by Crippen LogP contribution is -2.47. The first-order valence-electron chi connectivity index (χ1n) is 6.12. The minimum Gasteiger partial charge on any atom is -0.341 e. The zero-order valence-electron chi connectivity index (χ0n) is 10.1. The molecule has 0 radical (unpaired) electrons. The van der Waals surface area contributed by atoms with Crippen LogP contribution in [0.1, 0.15) is 39.5 Å². The first kappa shape index (κ1) is 10.9. The van der Waals surface area contributed by atoms with Gasteiger partial charge in [-0.05, 0) is 39.7 Å². The van der Waals surface area contributed by atoms with Crippen molar-refractivity contribution >= 4 is 5.91 Å². The van der Waals surface area contributed by atoms with Gasteiger partial charge in [-0.2, -0.15) is 0 Å². The average Bonchev–Trinajstić information content (AvgIpc) is 2.75. The Balaban J connectivity index is 2.06.